The number of aryl methyl sites for hydroxylation is 1. The fraction of sp³-hybridized carbons (Fsp3) is 0.471. The molecule has 2 heterocycles. The molecule has 0 radical (unpaired) electrons. The summed E-state index contributed by atoms with van der Waals surface area (Å²) >= 11 is 0. The molecular weight excluding hydrogens is 292 g/mol. The van der Waals surface area contributed by atoms with Crippen LogP contribution in [0.1, 0.15) is 31.9 Å². The van der Waals surface area contributed by atoms with Gasteiger partial charge in [0.2, 0.25) is 0 Å². The molecule has 3 N–H and O–H groups in total. The van der Waals surface area contributed by atoms with Crippen molar-refractivity contribution in [3.8, 4) is 11.4 Å². The minimum absolute atomic E-state index is 0.149. The number of anilines is 1. The van der Waals surface area contributed by atoms with Gasteiger partial charge < -0.3 is 15.4 Å². The number of aromatic amines is 1. The van der Waals surface area contributed by atoms with Crippen LogP contribution in [-0.4, -0.2) is 32.7 Å². The van der Waals surface area contributed by atoms with E-state index in [-0.39, 0.29) is 11.7 Å². The van der Waals surface area contributed by atoms with Gasteiger partial charge in [-0.3, -0.25) is 4.79 Å². The fourth-order valence-corrected chi connectivity index (χ4v) is 2.96. The number of hydrogen-bond acceptors (Lipinski definition) is 5. The number of aromatic nitrogens is 3. The van der Waals surface area contributed by atoms with Crippen LogP contribution in [0.15, 0.2) is 29.2 Å². The molecule has 122 valence electrons. The quantitative estimate of drug-likeness (QED) is 0.785. The third kappa shape index (κ3) is 3.76. The molecule has 0 spiro atoms. The highest BCUT2D eigenvalue weighted by Gasteiger charge is 2.24. The van der Waals surface area contributed by atoms with Crippen molar-refractivity contribution in [3.63, 3.8) is 0 Å². The Morgan fingerprint density at radius 1 is 1.39 bits per heavy atom. The van der Waals surface area contributed by atoms with Crippen LogP contribution >= 0.6 is 0 Å². The van der Waals surface area contributed by atoms with Gasteiger partial charge in [0, 0.05) is 36.0 Å². The number of aliphatic hydroxyl groups is 1. The van der Waals surface area contributed by atoms with E-state index in [0.29, 0.717) is 18.2 Å². The molecule has 2 atom stereocenters. The highest BCUT2D eigenvalue weighted by molar-refractivity contribution is 5.55. The summed E-state index contributed by atoms with van der Waals surface area (Å²) in [6.45, 7) is 2.70. The number of aliphatic hydroxyl groups excluding tert-OH is 1. The maximum Gasteiger partial charge on any atom is 0.251 e. The molecule has 2 aromatic heterocycles. The first kappa shape index (κ1) is 15.7. The van der Waals surface area contributed by atoms with Crippen molar-refractivity contribution in [1.29, 1.82) is 0 Å². The molecule has 1 fully saturated rings. The highest BCUT2D eigenvalue weighted by Crippen LogP contribution is 2.25. The Morgan fingerprint density at radius 3 is 2.91 bits per heavy atom. The SMILES string of the molecule is CCc1cc(=O)[nH]c(-c2ccc(NCC3CCCC3O)nc2)n1. The second-order valence-corrected chi connectivity index (χ2v) is 6.01. The van der Waals surface area contributed by atoms with Gasteiger partial charge in [-0.05, 0) is 31.4 Å². The van der Waals surface area contributed by atoms with E-state index in [1.807, 2.05) is 19.1 Å². The molecule has 1 aliphatic rings. The van der Waals surface area contributed by atoms with Gasteiger partial charge >= 0.3 is 0 Å². The van der Waals surface area contributed by atoms with Crippen LogP contribution in [0.3, 0.4) is 0 Å². The van der Waals surface area contributed by atoms with Crippen molar-refractivity contribution in [3.05, 3.63) is 40.4 Å². The van der Waals surface area contributed by atoms with Gasteiger partial charge in [-0.2, -0.15) is 0 Å². The van der Waals surface area contributed by atoms with E-state index in [2.05, 4.69) is 20.3 Å². The molecule has 23 heavy (non-hydrogen) atoms. The van der Waals surface area contributed by atoms with Gasteiger partial charge in [0.05, 0.1) is 6.10 Å². The average Bonchev–Trinajstić information content (AvgIpc) is 2.98. The molecule has 0 amide bonds. The number of pyridine rings is 1. The molecule has 0 saturated heterocycles. The molecule has 6 heteroatoms. The Morgan fingerprint density at radius 2 is 2.26 bits per heavy atom. The maximum atomic E-state index is 11.6. The normalized spacial score (nSPS) is 20.6. The fourth-order valence-electron chi connectivity index (χ4n) is 2.96. The summed E-state index contributed by atoms with van der Waals surface area (Å²) in [7, 11) is 0. The lowest BCUT2D eigenvalue weighted by Gasteiger charge is -2.15. The van der Waals surface area contributed by atoms with Gasteiger partial charge in [-0.15, -0.1) is 0 Å². The van der Waals surface area contributed by atoms with Crippen LogP contribution in [0.2, 0.25) is 0 Å². The monoisotopic (exact) mass is 314 g/mol. The molecule has 0 aromatic carbocycles. The molecule has 1 aliphatic carbocycles. The summed E-state index contributed by atoms with van der Waals surface area (Å²) in [5, 5.41) is 13.1. The van der Waals surface area contributed by atoms with Gasteiger partial charge in [0.25, 0.3) is 5.56 Å². The van der Waals surface area contributed by atoms with E-state index in [0.717, 1.165) is 42.9 Å². The van der Waals surface area contributed by atoms with Crippen molar-refractivity contribution >= 4 is 5.82 Å². The third-order valence-corrected chi connectivity index (χ3v) is 4.36. The predicted octanol–water partition coefficient (Wildman–Crippen LogP) is 1.97. The molecule has 0 bridgehead atoms. The number of hydrogen-bond donors (Lipinski definition) is 3. The van der Waals surface area contributed by atoms with Crippen molar-refractivity contribution < 1.29 is 5.11 Å². The lowest BCUT2D eigenvalue weighted by molar-refractivity contribution is 0.138. The molecule has 2 aromatic rings. The summed E-state index contributed by atoms with van der Waals surface area (Å²) in [6.07, 6.45) is 5.26. The Labute approximate surface area is 135 Å². The molecule has 3 rings (SSSR count). The first-order chi connectivity index (χ1) is 11.2. The Bertz CT molecular complexity index is 711. The number of rotatable bonds is 5. The first-order valence-corrected chi connectivity index (χ1v) is 8.14. The molecular formula is C17H22N4O2. The standard InChI is InChI=1S/C17H22N4O2/c1-2-13-8-16(23)21-17(20-13)12-6-7-15(19-10-12)18-9-11-4-3-5-14(11)22/h6-8,10-11,14,22H,2-5,9H2,1H3,(H,18,19)(H,20,21,23). The third-order valence-electron chi connectivity index (χ3n) is 4.36. The number of nitrogens with zero attached hydrogens (tertiary/aromatic N) is 2. The van der Waals surface area contributed by atoms with Gasteiger partial charge in [-0.1, -0.05) is 13.3 Å². The predicted molar refractivity (Wildman–Crippen MR) is 89.3 cm³/mol. The largest absolute Gasteiger partial charge is 0.393 e. The van der Waals surface area contributed by atoms with Gasteiger partial charge in [0.1, 0.15) is 11.6 Å². The minimum atomic E-state index is -0.201. The Kier molecular flexibility index (Phi) is 4.71. The molecule has 6 nitrogen and oxygen atoms in total. The summed E-state index contributed by atoms with van der Waals surface area (Å²) in [4.78, 5) is 23.2. The first-order valence-electron chi connectivity index (χ1n) is 8.14. The topological polar surface area (TPSA) is 90.9 Å². The lowest BCUT2D eigenvalue weighted by Crippen LogP contribution is -2.22. The zero-order chi connectivity index (χ0) is 16.2. The second-order valence-electron chi connectivity index (χ2n) is 6.01. The van der Waals surface area contributed by atoms with E-state index in [4.69, 9.17) is 0 Å². The van der Waals surface area contributed by atoms with Crippen LogP contribution in [0.5, 0.6) is 0 Å². The smallest absolute Gasteiger partial charge is 0.251 e. The average molecular weight is 314 g/mol. The summed E-state index contributed by atoms with van der Waals surface area (Å²) in [5.41, 5.74) is 1.40. The number of nitrogens with one attached hydrogen (secondary N) is 2. The summed E-state index contributed by atoms with van der Waals surface area (Å²) in [6, 6.07) is 5.27. The summed E-state index contributed by atoms with van der Waals surface area (Å²) < 4.78 is 0. The Hall–Kier alpha value is -2.21. The zero-order valence-electron chi connectivity index (χ0n) is 13.2. The number of H-pyrrole nitrogens is 1. The molecule has 2 unspecified atom stereocenters. The summed E-state index contributed by atoms with van der Waals surface area (Å²) in [5.74, 6) is 1.61. The highest BCUT2D eigenvalue weighted by atomic mass is 16.3. The molecule has 1 saturated carbocycles. The zero-order valence-corrected chi connectivity index (χ0v) is 13.2. The second kappa shape index (κ2) is 6.91. The van der Waals surface area contributed by atoms with Crippen LogP contribution < -0.4 is 10.9 Å². The Balaban J connectivity index is 1.69. The minimum Gasteiger partial charge on any atom is -0.393 e. The molecule has 0 aliphatic heterocycles. The van der Waals surface area contributed by atoms with Crippen LogP contribution in [0.25, 0.3) is 11.4 Å². The maximum absolute atomic E-state index is 11.6. The van der Waals surface area contributed by atoms with E-state index >= 15 is 0 Å². The van der Waals surface area contributed by atoms with Crippen molar-refractivity contribution in [1.82, 2.24) is 15.0 Å². The van der Waals surface area contributed by atoms with Crippen LogP contribution in [-0.2, 0) is 6.42 Å². The van der Waals surface area contributed by atoms with Crippen molar-refractivity contribution in [2.45, 2.75) is 38.7 Å². The van der Waals surface area contributed by atoms with E-state index in [1.165, 1.54) is 6.07 Å². The van der Waals surface area contributed by atoms with Crippen molar-refractivity contribution in [2.75, 3.05) is 11.9 Å². The van der Waals surface area contributed by atoms with E-state index < -0.39 is 0 Å². The van der Waals surface area contributed by atoms with Crippen LogP contribution in [0, 0.1) is 5.92 Å². The van der Waals surface area contributed by atoms with Crippen molar-refractivity contribution in [2.24, 2.45) is 5.92 Å². The van der Waals surface area contributed by atoms with Crippen LogP contribution in [0.4, 0.5) is 5.82 Å². The van der Waals surface area contributed by atoms with E-state index in [9.17, 15) is 9.90 Å². The lowest BCUT2D eigenvalue weighted by atomic mass is 10.1. The van der Waals surface area contributed by atoms with Gasteiger partial charge in [0.15, 0.2) is 0 Å². The van der Waals surface area contributed by atoms with Gasteiger partial charge in [-0.25, -0.2) is 9.97 Å². The van der Waals surface area contributed by atoms with E-state index in [1.54, 1.807) is 6.20 Å².